The van der Waals surface area contributed by atoms with Gasteiger partial charge in [-0.25, -0.2) is 19.9 Å². The summed E-state index contributed by atoms with van der Waals surface area (Å²) in [5.74, 6) is 0.900. The van der Waals surface area contributed by atoms with Crippen LogP contribution in [0.4, 0.5) is 5.82 Å². The minimum atomic E-state index is -0.106. The molecule has 1 aliphatic heterocycles. The van der Waals surface area contributed by atoms with Gasteiger partial charge in [0.05, 0.1) is 11.1 Å². The first-order valence-electron chi connectivity index (χ1n) is 10.3. The van der Waals surface area contributed by atoms with Crippen molar-refractivity contribution in [2.45, 2.75) is 0 Å². The number of fused-ring (bicyclic) bond motifs is 1. The molecule has 0 bridgehead atoms. The molecule has 4 heterocycles. The van der Waals surface area contributed by atoms with Crippen LogP contribution in [0.5, 0.6) is 11.8 Å². The van der Waals surface area contributed by atoms with Gasteiger partial charge in [0.15, 0.2) is 0 Å². The highest BCUT2D eigenvalue weighted by atomic mass is 16.5. The van der Waals surface area contributed by atoms with E-state index in [1.807, 2.05) is 42.0 Å². The lowest BCUT2D eigenvalue weighted by Crippen LogP contribution is -2.26. The molecule has 0 saturated carbocycles. The number of anilines is 1. The van der Waals surface area contributed by atoms with E-state index in [2.05, 4.69) is 26.5 Å². The smallest absolute Gasteiger partial charge is 0.321 e. The Kier molecular flexibility index (Phi) is 5.06. The number of carbonyl (C=O) groups excluding carboxylic acids is 1. The van der Waals surface area contributed by atoms with E-state index in [0.717, 1.165) is 33.4 Å². The number of nitrogens with zero attached hydrogens (tertiary/aromatic N) is 6. The molecular weight excluding hydrogens is 418 g/mol. The summed E-state index contributed by atoms with van der Waals surface area (Å²) in [5.41, 5.74) is 10.8. The van der Waals surface area contributed by atoms with Crippen molar-refractivity contribution in [2.24, 2.45) is 7.05 Å². The normalized spacial score (nSPS) is 13.2. The fraction of sp³-hybridized carbons (Fsp3) is 0.125. The summed E-state index contributed by atoms with van der Waals surface area (Å²) in [6.07, 6.45) is 8.08. The van der Waals surface area contributed by atoms with Crippen molar-refractivity contribution < 1.29 is 9.53 Å². The van der Waals surface area contributed by atoms with Gasteiger partial charge >= 0.3 is 6.01 Å². The second-order valence-corrected chi connectivity index (χ2v) is 7.55. The van der Waals surface area contributed by atoms with Crippen LogP contribution >= 0.6 is 0 Å². The molecule has 164 valence electrons. The Balaban J connectivity index is 1.60. The predicted molar refractivity (Wildman–Crippen MR) is 125 cm³/mol. The largest absolute Gasteiger partial charge is 0.424 e. The zero-order valence-electron chi connectivity index (χ0n) is 18.0. The molecule has 0 aliphatic carbocycles. The third-order valence-electron chi connectivity index (χ3n) is 5.60. The van der Waals surface area contributed by atoms with Crippen LogP contribution in [-0.4, -0.2) is 48.4 Å². The Morgan fingerprint density at radius 2 is 1.91 bits per heavy atom. The van der Waals surface area contributed by atoms with Gasteiger partial charge in [-0.3, -0.25) is 4.79 Å². The van der Waals surface area contributed by atoms with E-state index in [1.54, 1.807) is 23.4 Å². The second-order valence-electron chi connectivity index (χ2n) is 7.55. The van der Waals surface area contributed by atoms with Gasteiger partial charge in [-0.05, 0) is 35.4 Å². The van der Waals surface area contributed by atoms with Crippen molar-refractivity contribution in [1.82, 2.24) is 29.4 Å². The summed E-state index contributed by atoms with van der Waals surface area (Å²) in [4.78, 5) is 30.7. The molecule has 1 aromatic carbocycles. The average Bonchev–Trinajstić information content (AvgIpc) is 3.43. The molecule has 33 heavy (non-hydrogen) atoms. The first-order chi connectivity index (χ1) is 16.1. The molecule has 9 nitrogen and oxygen atoms in total. The van der Waals surface area contributed by atoms with Gasteiger partial charge in [0, 0.05) is 38.1 Å². The summed E-state index contributed by atoms with van der Waals surface area (Å²) in [7, 11) is 1.94. The number of carbonyl (C=O) groups is 1. The van der Waals surface area contributed by atoms with E-state index in [1.165, 1.54) is 12.4 Å². The number of amides is 1. The van der Waals surface area contributed by atoms with E-state index >= 15 is 0 Å². The van der Waals surface area contributed by atoms with Crippen LogP contribution < -0.4 is 10.5 Å². The molecule has 0 fully saturated rings. The number of aryl methyl sites for hydroxylation is 1. The topological polar surface area (TPSA) is 112 Å². The minimum absolute atomic E-state index is 0.106. The number of nitrogen functional groups attached to an aromatic ring is 1. The van der Waals surface area contributed by atoms with Crippen LogP contribution in [0.1, 0.15) is 5.69 Å². The summed E-state index contributed by atoms with van der Waals surface area (Å²) in [6, 6.07) is 9.61. The van der Waals surface area contributed by atoms with Crippen LogP contribution in [0.2, 0.25) is 0 Å². The summed E-state index contributed by atoms with van der Waals surface area (Å²) < 4.78 is 7.73. The first kappa shape index (κ1) is 20.4. The van der Waals surface area contributed by atoms with Gasteiger partial charge < -0.3 is 19.9 Å². The Morgan fingerprint density at radius 1 is 1.15 bits per heavy atom. The van der Waals surface area contributed by atoms with E-state index in [0.29, 0.717) is 24.7 Å². The number of hydrogen-bond acceptors (Lipinski definition) is 7. The van der Waals surface area contributed by atoms with Crippen molar-refractivity contribution >= 4 is 28.3 Å². The molecule has 2 N–H and O–H groups in total. The van der Waals surface area contributed by atoms with Crippen molar-refractivity contribution in [3.05, 3.63) is 73.5 Å². The molecule has 0 unspecified atom stereocenters. The Bertz CT molecular complexity index is 1390. The van der Waals surface area contributed by atoms with E-state index in [4.69, 9.17) is 10.5 Å². The highest BCUT2D eigenvalue weighted by Crippen LogP contribution is 2.41. The number of benzene rings is 1. The molecule has 0 atom stereocenters. The van der Waals surface area contributed by atoms with Crippen LogP contribution in [0.3, 0.4) is 0 Å². The molecule has 0 spiro atoms. The summed E-state index contributed by atoms with van der Waals surface area (Å²) in [5, 5.41) is 0.768. The highest BCUT2D eigenvalue weighted by Gasteiger charge is 2.27. The minimum Gasteiger partial charge on any atom is -0.424 e. The van der Waals surface area contributed by atoms with E-state index < -0.39 is 0 Å². The first-order valence-corrected chi connectivity index (χ1v) is 10.3. The number of hydrogen-bond donors (Lipinski definition) is 1. The van der Waals surface area contributed by atoms with Crippen molar-refractivity contribution in [1.29, 1.82) is 0 Å². The maximum Gasteiger partial charge on any atom is 0.321 e. The van der Waals surface area contributed by atoms with Crippen molar-refractivity contribution in [2.75, 3.05) is 18.8 Å². The van der Waals surface area contributed by atoms with Gasteiger partial charge in [0.25, 0.3) is 0 Å². The maximum atomic E-state index is 12.1. The molecule has 3 aromatic heterocycles. The van der Waals surface area contributed by atoms with Gasteiger partial charge in [0.2, 0.25) is 5.91 Å². The average molecular weight is 439 g/mol. The molecule has 1 aliphatic rings. The molecule has 9 heteroatoms. The lowest BCUT2D eigenvalue weighted by molar-refractivity contribution is -0.124. The van der Waals surface area contributed by atoms with Gasteiger partial charge in [-0.15, -0.1) is 0 Å². The molecule has 1 amide bonds. The fourth-order valence-electron chi connectivity index (χ4n) is 4.09. The molecule has 5 rings (SSSR count). The molecular formula is C24H21N7O2. The third-order valence-corrected chi connectivity index (χ3v) is 5.60. The zero-order valence-corrected chi connectivity index (χ0v) is 18.0. The van der Waals surface area contributed by atoms with Gasteiger partial charge in [-0.1, -0.05) is 24.8 Å². The number of nitrogens with two attached hydrogens (primary N) is 1. The van der Waals surface area contributed by atoms with Crippen LogP contribution in [-0.2, 0) is 11.8 Å². The summed E-state index contributed by atoms with van der Waals surface area (Å²) >= 11 is 0. The quantitative estimate of drug-likeness (QED) is 0.475. The summed E-state index contributed by atoms with van der Waals surface area (Å²) in [6.45, 7) is 4.59. The van der Waals surface area contributed by atoms with Gasteiger partial charge in [0.1, 0.15) is 23.5 Å². The standard InChI is InChI=1S/C24H21N7O2/c1-3-18(32)31-12-9-16(13-31)21-19(20-22(25)28-14-29-23(20)30(21)2)15-5-7-17(8-6-15)33-24-26-10-4-11-27-24/h3-11,14H,1,12-13H2,2H3,(H2,25,28,29). The highest BCUT2D eigenvalue weighted by molar-refractivity contribution is 6.06. The van der Waals surface area contributed by atoms with Crippen molar-refractivity contribution in [3.8, 4) is 22.9 Å². The molecule has 0 saturated heterocycles. The SMILES string of the molecule is C=CC(=O)N1CC=C(c2c(-c3ccc(Oc4ncccn4)cc3)c3c(N)ncnc3n2C)C1. The lowest BCUT2D eigenvalue weighted by Gasteiger charge is -2.15. The number of rotatable bonds is 5. The van der Waals surface area contributed by atoms with Gasteiger partial charge in [-0.2, -0.15) is 0 Å². The van der Waals surface area contributed by atoms with Crippen LogP contribution in [0, 0.1) is 0 Å². The third kappa shape index (κ3) is 3.59. The Labute approximate surface area is 189 Å². The van der Waals surface area contributed by atoms with E-state index in [-0.39, 0.29) is 11.9 Å². The molecule has 0 radical (unpaired) electrons. The van der Waals surface area contributed by atoms with E-state index in [9.17, 15) is 4.79 Å². The number of aromatic nitrogens is 5. The van der Waals surface area contributed by atoms with Crippen LogP contribution in [0.25, 0.3) is 27.7 Å². The zero-order chi connectivity index (χ0) is 22.9. The molecule has 4 aromatic rings. The predicted octanol–water partition coefficient (Wildman–Crippen LogP) is 3.21. The maximum absolute atomic E-state index is 12.1. The fourth-order valence-corrected chi connectivity index (χ4v) is 4.09. The second kappa shape index (κ2) is 8.19. The number of ether oxygens (including phenoxy) is 1. The Morgan fingerprint density at radius 3 is 2.64 bits per heavy atom. The van der Waals surface area contributed by atoms with Crippen molar-refractivity contribution in [3.63, 3.8) is 0 Å². The van der Waals surface area contributed by atoms with Crippen LogP contribution in [0.15, 0.2) is 67.8 Å². The lowest BCUT2D eigenvalue weighted by atomic mass is 9.99. The Hall–Kier alpha value is -4.53. The monoisotopic (exact) mass is 439 g/mol.